The maximum atomic E-state index is 4.18. The van der Waals surface area contributed by atoms with E-state index in [-0.39, 0.29) is 0 Å². The van der Waals surface area contributed by atoms with Crippen molar-refractivity contribution in [2.45, 2.75) is 78.7 Å². The lowest BCUT2D eigenvalue weighted by molar-refractivity contribution is 0.549. The van der Waals surface area contributed by atoms with E-state index in [4.69, 9.17) is 0 Å². The van der Waals surface area contributed by atoms with Crippen molar-refractivity contribution >= 4 is 0 Å². The van der Waals surface area contributed by atoms with Crippen LogP contribution >= 0.6 is 0 Å². The summed E-state index contributed by atoms with van der Waals surface area (Å²) in [5.41, 5.74) is 2.66. The zero-order chi connectivity index (χ0) is 13.9. The Bertz CT molecular complexity index is 362. The van der Waals surface area contributed by atoms with E-state index >= 15 is 0 Å². The van der Waals surface area contributed by atoms with E-state index in [1.807, 2.05) is 6.20 Å². The monoisotopic (exact) mass is 263 g/mol. The highest BCUT2D eigenvalue weighted by molar-refractivity contribution is 4.96. The molecule has 0 saturated heterocycles. The van der Waals surface area contributed by atoms with Gasteiger partial charge in [0, 0.05) is 6.54 Å². The van der Waals surface area contributed by atoms with Crippen molar-refractivity contribution in [3.05, 3.63) is 23.5 Å². The minimum absolute atomic E-state index is 0.955. The molecule has 1 rings (SSSR count). The van der Waals surface area contributed by atoms with Gasteiger partial charge in [0.1, 0.15) is 0 Å². The normalized spacial score (nSPS) is 10.7. The van der Waals surface area contributed by atoms with Gasteiger partial charge >= 0.3 is 0 Å². The topological polar surface area (TPSA) is 30.7 Å². The molecule has 0 unspecified atom stereocenters. The summed E-state index contributed by atoms with van der Waals surface area (Å²) in [4.78, 5) is 0. The summed E-state index contributed by atoms with van der Waals surface area (Å²) in [7, 11) is 0. The first-order valence-corrected chi connectivity index (χ1v) is 7.74. The fourth-order valence-electron chi connectivity index (χ4n) is 2.22. The van der Waals surface area contributed by atoms with Gasteiger partial charge < -0.3 is 0 Å². The summed E-state index contributed by atoms with van der Waals surface area (Å²) in [6.45, 7) is 7.49. The molecule has 3 heteroatoms. The van der Waals surface area contributed by atoms with Crippen LogP contribution in [0.2, 0.25) is 0 Å². The van der Waals surface area contributed by atoms with Gasteiger partial charge in [-0.15, -0.1) is 5.10 Å². The number of aryl methyl sites for hydroxylation is 2. The summed E-state index contributed by atoms with van der Waals surface area (Å²) in [5, 5.41) is 8.22. The summed E-state index contributed by atoms with van der Waals surface area (Å²) in [6, 6.07) is 0. The Hall–Kier alpha value is -1.12. The molecule has 0 fully saturated rings. The number of unbranched alkanes of at least 4 members (excludes halogenated alkanes) is 5. The molecule has 0 atom stereocenters. The maximum Gasteiger partial charge on any atom is 0.0725 e. The smallest absolute Gasteiger partial charge is 0.0725 e. The van der Waals surface area contributed by atoms with Gasteiger partial charge in [0.15, 0.2) is 0 Å². The molecular weight excluding hydrogens is 234 g/mol. The molecule has 0 aliphatic carbocycles. The average molecular weight is 263 g/mol. The van der Waals surface area contributed by atoms with Crippen LogP contribution in [0, 0.1) is 0 Å². The average Bonchev–Trinajstić information content (AvgIpc) is 2.81. The molecule has 108 valence electrons. The van der Waals surface area contributed by atoms with E-state index in [9.17, 15) is 0 Å². The molecule has 0 aromatic carbocycles. The second kappa shape index (κ2) is 9.76. The molecule has 0 radical (unpaired) electrons. The Morgan fingerprint density at radius 3 is 2.63 bits per heavy atom. The van der Waals surface area contributed by atoms with Crippen molar-refractivity contribution in [2.24, 2.45) is 0 Å². The highest BCUT2D eigenvalue weighted by atomic mass is 15.4. The summed E-state index contributed by atoms with van der Waals surface area (Å²) in [6.07, 6.45) is 14.4. The van der Waals surface area contributed by atoms with E-state index in [0.29, 0.717) is 0 Å². The van der Waals surface area contributed by atoms with Crippen LogP contribution in [0.5, 0.6) is 0 Å². The van der Waals surface area contributed by atoms with Gasteiger partial charge in [0.05, 0.1) is 11.9 Å². The predicted molar refractivity (Wildman–Crippen MR) is 81.2 cm³/mol. The van der Waals surface area contributed by atoms with Gasteiger partial charge in [-0.05, 0) is 33.1 Å². The third-order valence-corrected chi connectivity index (χ3v) is 3.38. The molecule has 0 aliphatic rings. The molecule has 0 amide bonds. The zero-order valence-corrected chi connectivity index (χ0v) is 12.9. The van der Waals surface area contributed by atoms with Gasteiger partial charge in [0.2, 0.25) is 0 Å². The number of hydrogen-bond acceptors (Lipinski definition) is 2. The second-order valence-corrected chi connectivity index (χ2v) is 5.54. The highest BCUT2D eigenvalue weighted by Gasteiger charge is 2.02. The van der Waals surface area contributed by atoms with Gasteiger partial charge in [-0.1, -0.05) is 55.9 Å². The van der Waals surface area contributed by atoms with Crippen molar-refractivity contribution < 1.29 is 0 Å². The first-order chi connectivity index (χ1) is 9.24. The summed E-state index contributed by atoms with van der Waals surface area (Å²) < 4.78 is 2.06. The third-order valence-electron chi connectivity index (χ3n) is 3.38. The van der Waals surface area contributed by atoms with E-state index in [0.717, 1.165) is 19.4 Å². The summed E-state index contributed by atoms with van der Waals surface area (Å²) >= 11 is 0. The third kappa shape index (κ3) is 7.14. The van der Waals surface area contributed by atoms with Gasteiger partial charge in [-0.2, -0.15) is 0 Å². The van der Waals surface area contributed by atoms with E-state index in [1.54, 1.807) is 0 Å². The quantitative estimate of drug-likeness (QED) is 0.458. The van der Waals surface area contributed by atoms with Gasteiger partial charge in [-0.3, -0.25) is 0 Å². The molecule has 1 aromatic heterocycles. The van der Waals surface area contributed by atoms with Crippen LogP contribution in [0.25, 0.3) is 0 Å². The molecule has 0 spiro atoms. The lowest BCUT2D eigenvalue weighted by atomic mass is 10.1. The molecule has 1 aromatic rings. The first kappa shape index (κ1) is 15.9. The first-order valence-electron chi connectivity index (χ1n) is 7.74. The zero-order valence-electron chi connectivity index (χ0n) is 12.9. The fourth-order valence-corrected chi connectivity index (χ4v) is 2.22. The molecular formula is C16H29N3. The minimum atomic E-state index is 0.955. The van der Waals surface area contributed by atoms with Crippen LogP contribution in [0.4, 0.5) is 0 Å². The maximum absolute atomic E-state index is 4.18. The molecule has 0 aliphatic heterocycles. The molecule has 0 bridgehead atoms. The number of rotatable bonds is 10. The lowest BCUT2D eigenvalue weighted by Gasteiger charge is -2.05. The van der Waals surface area contributed by atoms with Crippen LogP contribution < -0.4 is 0 Å². The van der Waals surface area contributed by atoms with Crippen LogP contribution in [0.15, 0.2) is 17.8 Å². The number of allylic oxidation sites excluding steroid dienone is 2. The molecule has 1 heterocycles. The molecule has 3 nitrogen and oxygen atoms in total. The van der Waals surface area contributed by atoms with Crippen LogP contribution in [0.1, 0.15) is 71.4 Å². The molecule has 0 N–H and O–H groups in total. The van der Waals surface area contributed by atoms with Crippen molar-refractivity contribution in [3.63, 3.8) is 0 Å². The highest BCUT2D eigenvalue weighted by Crippen LogP contribution is 2.09. The Morgan fingerprint density at radius 2 is 1.89 bits per heavy atom. The van der Waals surface area contributed by atoms with E-state index in [1.165, 1.54) is 49.8 Å². The standard InChI is InChI=1S/C16H29N3/c1-4-5-6-7-8-9-12-16-14-17-18-19(16)13-10-11-15(2)3/h11,14H,4-10,12-13H2,1-3H3. The largest absolute Gasteiger partial charge is 0.249 e. The van der Waals surface area contributed by atoms with Crippen LogP contribution in [-0.2, 0) is 13.0 Å². The predicted octanol–water partition coefficient (Wildman–Crippen LogP) is 4.54. The van der Waals surface area contributed by atoms with Crippen molar-refractivity contribution in [2.75, 3.05) is 0 Å². The molecule has 0 saturated carbocycles. The minimum Gasteiger partial charge on any atom is -0.249 e. The second-order valence-electron chi connectivity index (χ2n) is 5.54. The van der Waals surface area contributed by atoms with Gasteiger partial charge in [-0.25, -0.2) is 4.68 Å². The van der Waals surface area contributed by atoms with E-state index < -0.39 is 0 Å². The molecule has 19 heavy (non-hydrogen) atoms. The van der Waals surface area contributed by atoms with Crippen molar-refractivity contribution in [3.8, 4) is 0 Å². The Balaban J connectivity index is 2.23. The van der Waals surface area contributed by atoms with Crippen LogP contribution in [-0.4, -0.2) is 15.0 Å². The lowest BCUT2D eigenvalue weighted by Crippen LogP contribution is -2.05. The van der Waals surface area contributed by atoms with Crippen molar-refractivity contribution in [1.29, 1.82) is 0 Å². The SMILES string of the molecule is CCCCCCCCc1cnnn1CCC=C(C)C. The van der Waals surface area contributed by atoms with Crippen LogP contribution in [0.3, 0.4) is 0 Å². The fraction of sp³-hybridized carbons (Fsp3) is 0.750. The van der Waals surface area contributed by atoms with Gasteiger partial charge in [0.25, 0.3) is 0 Å². The van der Waals surface area contributed by atoms with E-state index in [2.05, 4.69) is 41.8 Å². The number of aromatic nitrogens is 3. The Morgan fingerprint density at radius 1 is 1.16 bits per heavy atom. The summed E-state index contributed by atoms with van der Waals surface area (Å²) in [5.74, 6) is 0. The Labute approximate surface area is 118 Å². The van der Waals surface area contributed by atoms with Crippen molar-refractivity contribution in [1.82, 2.24) is 15.0 Å². The Kier molecular flexibility index (Phi) is 8.19. The number of nitrogens with zero attached hydrogens (tertiary/aromatic N) is 3. The number of hydrogen-bond donors (Lipinski definition) is 0.